The van der Waals surface area contributed by atoms with Gasteiger partial charge >= 0.3 is 0 Å². The molecule has 52 heavy (non-hydrogen) atoms. The number of unbranched alkanes of at least 4 members (excludes halogenated alkanes) is 1. The van der Waals surface area contributed by atoms with Crippen molar-refractivity contribution in [3.63, 3.8) is 0 Å². The minimum Gasteiger partial charge on any atom is -0.491 e. The Labute approximate surface area is 313 Å². The predicted molar refractivity (Wildman–Crippen MR) is 215 cm³/mol. The van der Waals surface area contributed by atoms with Gasteiger partial charge in [0, 0.05) is 54.3 Å². The van der Waals surface area contributed by atoms with Gasteiger partial charge in [-0.2, -0.15) is 0 Å². The van der Waals surface area contributed by atoms with E-state index >= 15 is 0 Å². The van der Waals surface area contributed by atoms with Gasteiger partial charge in [-0.05, 0) is 116 Å². The minimum absolute atomic E-state index is 0.112. The van der Waals surface area contributed by atoms with E-state index in [4.69, 9.17) is 9.47 Å². The van der Waals surface area contributed by atoms with Crippen LogP contribution in [0.3, 0.4) is 0 Å². The monoisotopic (exact) mass is 724 g/mol. The van der Waals surface area contributed by atoms with Crippen LogP contribution in [0.15, 0.2) is 77.3 Å². The van der Waals surface area contributed by atoms with Crippen LogP contribution in [-0.4, -0.2) is 52.6 Å². The van der Waals surface area contributed by atoms with Crippen LogP contribution in [0.1, 0.15) is 82.4 Å². The van der Waals surface area contributed by atoms with Crippen molar-refractivity contribution in [3.05, 3.63) is 95.1 Å². The van der Waals surface area contributed by atoms with Crippen molar-refractivity contribution < 1.29 is 18.5 Å². The summed E-state index contributed by atoms with van der Waals surface area (Å²) in [4.78, 5) is 21.7. The van der Waals surface area contributed by atoms with E-state index in [1.54, 1.807) is 0 Å². The molecule has 0 bridgehead atoms. The molecule has 3 aromatic carbocycles. The van der Waals surface area contributed by atoms with E-state index in [1.165, 1.54) is 0 Å². The number of benzene rings is 3. The molecule has 1 aromatic heterocycles. The van der Waals surface area contributed by atoms with Gasteiger partial charge in [0.25, 0.3) is 5.91 Å². The topological polar surface area (TPSA) is 85.7 Å². The maximum absolute atomic E-state index is 13.8. The fourth-order valence-corrected chi connectivity index (χ4v) is 7.89. The first kappa shape index (κ1) is 39.0. The maximum Gasteiger partial charge on any atom is 0.251 e. The Bertz CT molecular complexity index is 1850. The van der Waals surface area contributed by atoms with Gasteiger partial charge in [-0.15, -0.1) is 0 Å². The number of nitrogens with one attached hydrogen (secondary N) is 1. The van der Waals surface area contributed by atoms with Gasteiger partial charge in [0.1, 0.15) is 18.2 Å². The van der Waals surface area contributed by atoms with Crippen LogP contribution in [0.25, 0.3) is 17.2 Å². The van der Waals surface area contributed by atoms with E-state index in [2.05, 4.69) is 83.9 Å². The average molecular weight is 725 g/mol. The van der Waals surface area contributed by atoms with E-state index in [9.17, 15) is 9.00 Å². The molecule has 0 spiro atoms. The van der Waals surface area contributed by atoms with Crippen LogP contribution in [0.5, 0.6) is 5.75 Å². The molecular formula is C43H56N4O4S. The Morgan fingerprint density at radius 3 is 2.48 bits per heavy atom. The second-order valence-electron chi connectivity index (χ2n) is 14.1. The van der Waals surface area contributed by atoms with Crippen molar-refractivity contribution >= 4 is 34.2 Å². The number of nitrogens with zero attached hydrogens (tertiary/aromatic N) is 3. The fraction of sp³-hybridized carbons (Fsp3) is 0.442. The Morgan fingerprint density at radius 1 is 0.962 bits per heavy atom. The van der Waals surface area contributed by atoms with Gasteiger partial charge in [-0.25, -0.2) is 4.98 Å². The molecule has 1 N–H and O–H groups in total. The van der Waals surface area contributed by atoms with Gasteiger partial charge in [-0.1, -0.05) is 52.3 Å². The highest BCUT2D eigenvalue weighted by Crippen LogP contribution is 2.33. The number of imidazole rings is 1. The molecule has 1 atom stereocenters. The van der Waals surface area contributed by atoms with E-state index in [-0.39, 0.29) is 5.91 Å². The van der Waals surface area contributed by atoms with Crippen LogP contribution in [0.4, 0.5) is 11.4 Å². The molecule has 0 radical (unpaired) electrons. The molecule has 0 saturated carbocycles. The predicted octanol–water partition coefficient (Wildman–Crippen LogP) is 9.36. The first-order valence-corrected chi connectivity index (χ1v) is 20.2. The number of anilines is 2. The fourth-order valence-electron chi connectivity index (χ4n) is 6.63. The van der Waals surface area contributed by atoms with Crippen LogP contribution in [0, 0.1) is 19.8 Å². The number of amides is 1. The Hall–Kier alpha value is -4.21. The van der Waals surface area contributed by atoms with Gasteiger partial charge < -0.3 is 24.3 Å². The summed E-state index contributed by atoms with van der Waals surface area (Å²) in [7, 11) is -1.26. The molecule has 4 aromatic rings. The van der Waals surface area contributed by atoms with Crippen molar-refractivity contribution in [2.75, 3.05) is 43.1 Å². The zero-order chi connectivity index (χ0) is 37.0. The summed E-state index contributed by atoms with van der Waals surface area (Å²) in [5.41, 5.74) is 7.60. The third-order valence-corrected chi connectivity index (χ3v) is 10.6. The number of hydrogen-bond acceptors (Lipinski definition) is 6. The standard InChI is InChI=1S/C43H56N4O4S/c1-7-9-22-50-23-24-51-39-16-12-34(13-17-39)35-14-18-40-37(26-35)27-36(11-10-21-46(40)28-31(3)4)43(48)45-38-15-19-41(32(5)25-38)52(49)30-42-44-33(6)29-47(42)20-8-2/h12-19,25-27,29,31H,7-11,20-24,28,30H2,1-6H3,(H,45,48). The normalized spacial score (nSPS) is 13.7. The molecule has 2 heterocycles. The number of aryl methyl sites for hydroxylation is 3. The molecule has 0 saturated heterocycles. The quantitative estimate of drug-likeness (QED) is 0.109. The van der Waals surface area contributed by atoms with E-state index in [1.807, 2.05) is 50.4 Å². The average Bonchev–Trinajstić information content (AvgIpc) is 3.45. The van der Waals surface area contributed by atoms with Crippen LogP contribution < -0.4 is 15.0 Å². The smallest absolute Gasteiger partial charge is 0.251 e. The lowest BCUT2D eigenvalue weighted by Crippen LogP contribution is -2.30. The summed E-state index contributed by atoms with van der Waals surface area (Å²) in [6, 6.07) is 20.4. The number of hydrogen-bond donors (Lipinski definition) is 1. The summed E-state index contributed by atoms with van der Waals surface area (Å²) >= 11 is 0. The Morgan fingerprint density at radius 2 is 1.75 bits per heavy atom. The number of fused-ring (bicyclic) bond motifs is 1. The SMILES string of the molecule is CCCCOCCOc1ccc(-c2ccc3c(c2)C=C(C(=O)Nc2ccc(S(=O)Cc4nc(C)cn4CCC)c(C)c2)CCCN3CC(C)C)cc1. The molecule has 0 aliphatic carbocycles. The highest BCUT2D eigenvalue weighted by Gasteiger charge is 2.20. The summed E-state index contributed by atoms with van der Waals surface area (Å²) in [5.74, 6) is 2.41. The molecule has 1 unspecified atom stereocenters. The van der Waals surface area contributed by atoms with Gasteiger partial charge in [0.2, 0.25) is 0 Å². The largest absolute Gasteiger partial charge is 0.491 e. The summed E-state index contributed by atoms with van der Waals surface area (Å²) < 4.78 is 27.1. The second kappa shape index (κ2) is 19.0. The summed E-state index contributed by atoms with van der Waals surface area (Å²) in [5, 5.41) is 3.14. The van der Waals surface area contributed by atoms with Gasteiger partial charge in [0.15, 0.2) is 0 Å². The van der Waals surface area contributed by atoms with Crippen LogP contribution in [0.2, 0.25) is 0 Å². The summed E-state index contributed by atoms with van der Waals surface area (Å²) in [6.07, 6.45) is 8.81. The van der Waals surface area contributed by atoms with Crippen LogP contribution in [-0.2, 0) is 32.6 Å². The molecule has 1 aliphatic heterocycles. The third-order valence-electron chi connectivity index (χ3n) is 9.16. The second-order valence-corrected chi connectivity index (χ2v) is 15.6. The number of carbonyl (C=O) groups excluding carboxylic acids is 1. The van der Waals surface area contributed by atoms with Crippen molar-refractivity contribution in [3.8, 4) is 16.9 Å². The van der Waals surface area contributed by atoms with Crippen molar-refractivity contribution in [1.29, 1.82) is 0 Å². The first-order chi connectivity index (χ1) is 25.1. The number of carbonyl (C=O) groups is 1. The molecule has 0 fully saturated rings. The molecular weight excluding hydrogens is 669 g/mol. The highest BCUT2D eigenvalue weighted by atomic mass is 32.2. The Balaban J connectivity index is 1.32. The minimum atomic E-state index is -1.26. The molecule has 278 valence electrons. The zero-order valence-corrected chi connectivity index (χ0v) is 32.7. The van der Waals surface area contributed by atoms with E-state index < -0.39 is 10.8 Å². The number of ether oxygens (including phenoxy) is 2. The van der Waals surface area contributed by atoms with Crippen molar-refractivity contribution in [2.45, 2.75) is 90.8 Å². The molecule has 1 amide bonds. The van der Waals surface area contributed by atoms with Crippen molar-refractivity contribution in [1.82, 2.24) is 9.55 Å². The number of aromatic nitrogens is 2. The maximum atomic E-state index is 13.8. The van der Waals surface area contributed by atoms with E-state index in [0.29, 0.717) is 37.0 Å². The first-order valence-electron chi connectivity index (χ1n) is 18.9. The van der Waals surface area contributed by atoms with Crippen molar-refractivity contribution in [2.24, 2.45) is 5.92 Å². The summed E-state index contributed by atoms with van der Waals surface area (Å²) in [6.45, 7) is 17.2. The van der Waals surface area contributed by atoms with Gasteiger partial charge in [0.05, 0.1) is 28.9 Å². The third kappa shape index (κ3) is 10.7. The number of rotatable bonds is 17. The molecule has 5 rings (SSSR count). The van der Waals surface area contributed by atoms with Crippen LogP contribution >= 0.6 is 0 Å². The molecule has 9 heteroatoms. The Kier molecular flexibility index (Phi) is 14.3. The lowest BCUT2D eigenvalue weighted by Gasteiger charge is -2.30. The van der Waals surface area contributed by atoms with Gasteiger partial charge in [-0.3, -0.25) is 9.00 Å². The molecule has 8 nitrogen and oxygen atoms in total. The lowest BCUT2D eigenvalue weighted by molar-refractivity contribution is -0.112. The lowest BCUT2D eigenvalue weighted by atomic mass is 9.96. The molecule has 1 aliphatic rings. The highest BCUT2D eigenvalue weighted by molar-refractivity contribution is 7.84. The van der Waals surface area contributed by atoms with E-state index in [0.717, 1.165) is 108 Å². The zero-order valence-electron chi connectivity index (χ0n) is 31.9.